The summed E-state index contributed by atoms with van der Waals surface area (Å²) in [5.41, 5.74) is 8.46. The normalized spacial score (nSPS) is 19.8. The second kappa shape index (κ2) is 7.36. The van der Waals surface area contributed by atoms with E-state index < -0.39 is 5.60 Å². The smallest absolute Gasteiger partial charge is 0.410 e. The second-order valence-corrected chi connectivity index (χ2v) is 9.86. The zero-order chi connectivity index (χ0) is 22.5. The molecule has 32 heavy (non-hydrogen) atoms. The molecular formula is C23H29N7O2. The first-order valence-corrected chi connectivity index (χ1v) is 11.0. The zero-order valence-electron chi connectivity index (χ0n) is 18.7. The number of carbonyl (C=O) groups excluding carboxylic acids is 1. The highest BCUT2D eigenvalue weighted by Gasteiger charge is 2.55. The Labute approximate surface area is 186 Å². The van der Waals surface area contributed by atoms with E-state index in [2.05, 4.69) is 25.5 Å². The average Bonchev–Trinajstić information content (AvgIpc) is 3.13. The van der Waals surface area contributed by atoms with Crippen LogP contribution in [0.4, 0.5) is 16.6 Å². The fourth-order valence-corrected chi connectivity index (χ4v) is 4.57. The summed E-state index contributed by atoms with van der Waals surface area (Å²) < 4.78 is 5.52. The Morgan fingerprint density at radius 3 is 2.72 bits per heavy atom. The first kappa shape index (κ1) is 20.5. The lowest BCUT2D eigenvalue weighted by molar-refractivity contribution is 0.0171. The molecule has 1 spiro atoms. The van der Waals surface area contributed by atoms with Gasteiger partial charge in [-0.15, -0.1) is 0 Å². The molecule has 3 heterocycles. The van der Waals surface area contributed by atoms with Crippen LogP contribution in [0.25, 0.3) is 22.2 Å². The zero-order valence-corrected chi connectivity index (χ0v) is 18.7. The van der Waals surface area contributed by atoms with Gasteiger partial charge < -0.3 is 20.7 Å². The molecule has 1 saturated carbocycles. The van der Waals surface area contributed by atoms with Crippen LogP contribution < -0.4 is 11.1 Å². The van der Waals surface area contributed by atoms with Crippen molar-refractivity contribution in [3.8, 4) is 11.3 Å². The van der Waals surface area contributed by atoms with Crippen molar-refractivity contribution < 1.29 is 9.53 Å². The number of aromatic nitrogens is 4. The molecule has 9 nitrogen and oxygen atoms in total. The van der Waals surface area contributed by atoms with Gasteiger partial charge in [0.1, 0.15) is 11.4 Å². The summed E-state index contributed by atoms with van der Waals surface area (Å²) in [7, 11) is 0. The van der Waals surface area contributed by atoms with Gasteiger partial charge in [-0.1, -0.05) is 6.07 Å². The van der Waals surface area contributed by atoms with Crippen molar-refractivity contribution in [1.82, 2.24) is 25.1 Å². The molecule has 4 N–H and O–H groups in total. The van der Waals surface area contributed by atoms with Gasteiger partial charge in [0, 0.05) is 36.3 Å². The van der Waals surface area contributed by atoms with E-state index in [9.17, 15) is 4.79 Å². The van der Waals surface area contributed by atoms with Gasteiger partial charge in [0.2, 0.25) is 5.95 Å². The number of nitrogens with two attached hydrogens (primary N) is 1. The molecule has 1 atom stereocenters. The number of hydrogen-bond acceptors (Lipinski definition) is 7. The molecule has 5 rings (SSSR count). The number of aromatic amines is 1. The predicted octanol–water partition coefficient (Wildman–Crippen LogP) is 3.80. The van der Waals surface area contributed by atoms with Crippen LogP contribution in [0.1, 0.15) is 40.0 Å². The Kier molecular flexibility index (Phi) is 4.72. The topological polar surface area (TPSA) is 122 Å². The minimum atomic E-state index is -0.471. The number of hydrogen-bond donors (Lipinski definition) is 3. The first-order valence-electron chi connectivity index (χ1n) is 11.0. The van der Waals surface area contributed by atoms with E-state index in [0.717, 1.165) is 47.2 Å². The van der Waals surface area contributed by atoms with Gasteiger partial charge in [-0.2, -0.15) is 10.1 Å². The second-order valence-electron chi connectivity index (χ2n) is 9.86. The van der Waals surface area contributed by atoms with Gasteiger partial charge in [-0.3, -0.25) is 5.10 Å². The molecule has 1 aliphatic heterocycles. The van der Waals surface area contributed by atoms with Crippen molar-refractivity contribution in [1.29, 1.82) is 0 Å². The van der Waals surface area contributed by atoms with Crippen LogP contribution in [-0.4, -0.2) is 55.9 Å². The lowest BCUT2D eigenvalue weighted by Crippen LogP contribution is -2.43. The van der Waals surface area contributed by atoms with Gasteiger partial charge in [0.05, 0.1) is 11.2 Å². The number of H-pyrrole nitrogens is 1. The molecule has 2 aromatic heterocycles. The highest BCUT2D eigenvalue weighted by Crippen LogP contribution is 2.55. The van der Waals surface area contributed by atoms with Gasteiger partial charge in [0.25, 0.3) is 0 Å². The molecule has 1 aromatic carbocycles. The minimum Gasteiger partial charge on any atom is -0.444 e. The lowest BCUT2D eigenvalue weighted by Gasteiger charge is -2.34. The highest BCUT2D eigenvalue weighted by molar-refractivity contribution is 5.92. The van der Waals surface area contributed by atoms with Gasteiger partial charge in [0.15, 0.2) is 0 Å². The number of rotatable bonds is 3. The van der Waals surface area contributed by atoms with E-state index in [4.69, 9.17) is 10.5 Å². The summed E-state index contributed by atoms with van der Waals surface area (Å²) in [6.45, 7) is 7.12. The van der Waals surface area contributed by atoms with Crippen LogP contribution in [0.2, 0.25) is 0 Å². The highest BCUT2D eigenvalue weighted by atomic mass is 16.6. The van der Waals surface area contributed by atoms with Crippen LogP contribution in [0.15, 0.2) is 30.5 Å². The number of ether oxygens (including phenoxy) is 1. The van der Waals surface area contributed by atoms with Crippen LogP contribution in [0, 0.1) is 5.41 Å². The predicted molar refractivity (Wildman–Crippen MR) is 123 cm³/mol. The third-order valence-electron chi connectivity index (χ3n) is 6.44. The maximum absolute atomic E-state index is 12.4. The molecule has 0 bridgehead atoms. The van der Waals surface area contributed by atoms with E-state index >= 15 is 0 Å². The number of piperidine rings is 1. The number of nitrogen functional groups attached to an aromatic ring is 1. The van der Waals surface area contributed by atoms with Crippen LogP contribution in [0.3, 0.4) is 0 Å². The number of nitrogens with zero attached hydrogens (tertiary/aromatic N) is 4. The maximum Gasteiger partial charge on any atom is 0.410 e. The molecule has 2 aliphatic rings. The van der Waals surface area contributed by atoms with E-state index in [1.165, 1.54) is 0 Å². The molecule has 0 unspecified atom stereocenters. The molecule has 3 aromatic rings. The van der Waals surface area contributed by atoms with Gasteiger partial charge in [-0.05, 0) is 63.6 Å². The molecular weight excluding hydrogens is 406 g/mol. The van der Waals surface area contributed by atoms with E-state index in [1.54, 1.807) is 6.20 Å². The molecule has 1 saturated heterocycles. The van der Waals surface area contributed by atoms with E-state index in [0.29, 0.717) is 19.1 Å². The first-order chi connectivity index (χ1) is 15.2. The standard InChI is InChI=1S/C23H29N7O2/c1-22(2,3)32-21(31)30-10-7-23(8-11-30)13-18(23)27-19-15-5-4-14(16-6-9-25-29-16)12-17(15)26-20(24)28-19/h4-6,9,12,18H,7-8,10-11,13H2,1-3H3,(H,25,29)(H3,24,26,27,28)/t18-/m0/s1. The third kappa shape index (κ3) is 3.94. The fraction of sp³-hybridized carbons (Fsp3) is 0.478. The number of fused-ring (bicyclic) bond motifs is 1. The summed E-state index contributed by atoms with van der Waals surface area (Å²) >= 11 is 0. The van der Waals surface area contributed by atoms with Gasteiger partial charge in [-0.25, -0.2) is 9.78 Å². The van der Waals surface area contributed by atoms with Crippen molar-refractivity contribution in [2.24, 2.45) is 5.41 Å². The fourth-order valence-electron chi connectivity index (χ4n) is 4.57. The Balaban J connectivity index is 1.29. The Hall–Kier alpha value is -3.36. The SMILES string of the molecule is CC(C)(C)OC(=O)N1CCC2(CC1)C[C@@H]2Nc1nc(N)nc2cc(-c3ccn[nH]3)ccc12. The molecule has 0 radical (unpaired) electrons. The molecule has 9 heteroatoms. The number of amides is 1. The quantitative estimate of drug-likeness (QED) is 0.572. The largest absolute Gasteiger partial charge is 0.444 e. The summed E-state index contributed by atoms with van der Waals surface area (Å²) in [5, 5.41) is 11.5. The van der Waals surface area contributed by atoms with Crippen molar-refractivity contribution in [3.05, 3.63) is 30.5 Å². The number of benzene rings is 1. The molecule has 1 aliphatic carbocycles. The summed E-state index contributed by atoms with van der Waals surface area (Å²) in [4.78, 5) is 23.1. The number of nitrogens with one attached hydrogen (secondary N) is 2. The van der Waals surface area contributed by atoms with E-state index in [-0.39, 0.29) is 17.5 Å². The molecule has 1 amide bonds. The van der Waals surface area contributed by atoms with Gasteiger partial charge >= 0.3 is 6.09 Å². The van der Waals surface area contributed by atoms with Crippen molar-refractivity contribution in [3.63, 3.8) is 0 Å². The molecule has 2 fully saturated rings. The van der Waals surface area contributed by atoms with E-state index in [1.807, 2.05) is 49.9 Å². The molecule has 168 valence electrons. The van der Waals surface area contributed by atoms with Crippen molar-refractivity contribution in [2.75, 3.05) is 24.1 Å². The summed E-state index contributed by atoms with van der Waals surface area (Å²) in [6, 6.07) is 8.28. The van der Waals surface area contributed by atoms with Crippen LogP contribution in [0.5, 0.6) is 0 Å². The maximum atomic E-state index is 12.4. The number of anilines is 2. The van der Waals surface area contributed by atoms with Crippen molar-refractivity contribution >= 4 is 28.8 Å². The number of likely N-dealkylation sites (tertiary alicyclic amines) is 1. The Morgan fingerprint density at radius 1 is 1.25 bits per heavy atom. The monoisotopic (exact) mass is 435 g/mol. The average molecular weight is 436 g/mol. The minimum absolute atomic E-state index is 0.195. The summed E-state index contributed by atoms with van der Waals surface area (Å²) in [5.74, 6) is 1.01. The number of carbonyl (C=O) groups is 1. The summed E-state index contributed by atoms with van der Waals surface area (Å²) in [6.07, 6.45) is 4.47. The third-order valence-corrected chi connectivity index (χ3v) is 6.44. The lowest BCUT2D eigenvalue weighted by atomic mass is 9.93. The Bertz CT molecular complexity index is 1150. The van der Waals surface area contributed by atoms with Crippen molar-refractivity contribution in [2.45, 2.75) is 51.7 Å². The van der Waals surface area contributed by atoms with Crippen LogP contribution in [-0.2, 0) is 4.74 Å². The van der Waals surface area contributed by atoms with Crippen LogP contribution >= 0.6 is 0 Å². The Morgan fingerprint density at radius 2 is 2.03 bits per heavy atom.